The Morgan fingerprint density at radius 2 is 1.74 bits per heavy atom. The van der Waals surface area contributed by atoms with Gasteiger partial charge in [-0.05, 0) is 37.1 Å². The van der Waals surface area contributed by atoms with Crippen molar-refractivity contribution >= 4 is 23.5 Å². The maximum Gasteiger partial charge on any atom is 0.323 e. The molecule has 3 rings (SSSR count). The van der Waals surface area contributed by atoms with Gasteiger partial charge in [-0.2, -0.15) is 0 Å². The van der Waals surface area contributed by atoms with E-state index in [9.17, 15) is 19.5 Å². The number of H-pyrrole nitrogens is 1. The summed E-state index contributed by atoms with van der Waals surface area (Å²) in [7, 11) is 0. The SMILES string of the molecule is O=C(O)CN(C(=O)C1(NC(=O)c2ccc[nH]2)CCCCC1)c1ccccc1. The molecule has 1 aromatic carbocycles. The van der Waals surface area contributed by atoms with E-state index in [0.29, 0.717) is 24.2 Å². The van der Waals surface area contributed by atoms with E-state index in [1.54, 1.807) is 48.7 Å². The molecule has 0 unspecified atom stereocenters. The molecular formula is C20H23N3O4. The van der Waals surface area contributed by atoms with Crippen LogP contribution in [0.25, 0.3) is 0 Å². The van der Waals surface area contributed by atoms with Crippen molar-refractivity contribution in [3.05, 3.63) is 54.4 Å². The molecule has 1 fully saturated rings. The zero-order chi connectivity index (χ0) is 19.3. The van der Waals surface area contributed by atoms with Crippen LogP contribution in [0.15, 0.2) is 48.7 Å². The fourth-order valence-electron chi connectivity index (χ4n) is 3.59. The minimum atomic E-state index is -1.11. The van der Waals surface area contributed by atoms with E-state index in [2.05, 4.69) is 10.3 Å². The fraction of sp³-hybridized carbons (Fsp3) is 0.350. The number of anilines is 1. The molecule has 7 heteroatoms. The predicted molar refractivity (Wildman–Crippen MR) is 101 cm³/mol. The summed E-state index contributed by atoms with van der Waals surface area (Å²) in [5.41, 5.74) is -0.229. The Kier molecular flexibility index (Phi) is 5.59. The molecule has 1 heterocycles. The van der Waals surface area contributed by atoms with Gasteiger partial charge in [-0.25, -0.2) is 0 Å². The van der Waals surface area contributed by atoms with Crippen LogP contribution in [-0.4, -0.2) is 40.0 Å². The second-order valence-corrected chi connectivity index (χ2v) is 6.80. The van der Waals surface area contributed by atoms with Gasteiger partial charge < -0.3 is 15.4 Å². The number of para-hydroxylation sites is 1. The number of hydrogen-bond acceptors (Lipinski definition) is 3. The second-order valence-electron chi connectivity index (χ2n) is 6.80. The van der Waals surface area contributed by atoms with Crippen LogP contribution < -0.4 is 10.2 Å². The van der Waals surface area contributed by atoms with Crippen molar-refractivity contribution < 1.29 is 19.5 Å². The standard InChI is InChI=1S/C20H23N3O4/c24-17(25)14-23(15-8-3-1-4-9-15)19(27)20(11-5-2-6-12-20)22-18(26)16-10-7-13-21-16/h1,3-4,7-10,13,21H,2,5-6,11-12,14H2,(H,22,26)(H,24,25). The van der Waals surface area contributed by atoms with Crippen LogP contribution in [0, 0.1) is 0 Å². The number of benzene rings is 1. The van der Waals surface area contributed by atoms with Crippen molar-refractivity contribution in [1.29, 1.82) is 0 Å². The Balaban J connectivity index is 1.93. The molecule has 0 bridgehead atoms. The van der Waals surface area contributed by atoms with Crippen LogP contribution in [0.4, 0.5) is 5.69 Å². The lowest BCUT2D eigenvalue weighted by molar-refractivity contribution is -0.137. The number of carboxylic acid groups (broad SMARTS) is 1. The molecule has 0 saturated heterocycles. The Bertz CT molecular complexity index is 796. The van der Waals surface area contributed by atoms with Crippen LogP contribution in [0.2, 0.25) is 0 Å². The monoisotopic (exact) mass is 369 g/mol. The Morgan fingerprint density at radius 3 is 2.33 bits per heavy atom. The highest BCUT2D eigenvalue weighted by Gasteiger charge is 2.44. The highest BCUT2D eigenvalue weighted by Crippen LogP contribution is 2.32. The molecule has 2 amide bonds. The molecule has 1 aromatic heterocycles. The topological polar surface area (TPSA) is 102 Å². The van der Waals surface area contributed by atoms with E-state index in [1.165, 1.54) is 4.90 Å². The molecule has 3 N–H and O–H groups in total. The molecule has 0 aliphatic heterocycles. The summed E-state index contributed by atoms with van der Waals surface area (Å²) in [6.45, 7) is -0.455. The van der Waals surface area contributed by atoms with E-state index in [4.69, 9.17) is 0 Å². The van der Waals surface area contributed by atoms with Gasteiger partial charge >= 0.3 is 5.97 Å². The third-order valence-electron chi connectivity index (χ3n) is 4.92. The lowest BCUT2D eigenvalue weighted by atomic mass is 9.80. The smallest absolute Gasteiger partial charge is 0.323 e. The van der Waals surface area contributed by atoms with E-state index >= 15 is 0 Å². The van der Waals surface area contributed by atoms with Crippen molar-refractivity contribution in [2.24, 2.45) is 0 Å². The number of aromatic amines is 1. The Labute approximate surface area is 157 Å². The van der Waals surface area contributed by atoms with Gasteiger partial charge in [-0.3, -0.25) is 19.3 Å². The zero-order valence-electron chi connectivity index (χ0n) is 15.0. The number of aromatic nitrogens is 1. The van der Waals surface area contributed by atoms with Gasteiger partial charge in [0.2, 0.25) is 0 Å². The molecule has 7 nitrogen and oxygen atoms in total. The molecule has 0 spiro atoms. The number of rotatable bonds is 6. The van der Waals surface area contributed by atoms with Crippen molar-refractivity contribution in [1.82, 2.24) is 10.3 Å². The maximum absolute atomic E-state index is 13.5. The summed E-state index contributed by atoms with van der Waals surface area (Å²) in [4.78, 5) is 41.6. The summed E-state index contributed by atoms with van der Waals surface area (Å²) in [6, 6.07) is 12.1. The van der Waals surface area contributed by atoms with Gasteiger partial charge in [-0.1, -0.05) is 37.5 Å². The summed E-state index contributed by atoms with van der Waals surface area (Å²) in [5.74, 6) is -1.84. The molecule has 1 aliphatic rings. The van der Waals surface area contributed by atoms with Gasteiger partial charge in [0.15, 0.2) is 0 Å². The molecule has 142 valence electrons. The molecule has 2 aromatic rings. The van der Waals surface area contributed by atoms with Gasteiger partial charge in [0, 0.05) is 11.9 Å². The number of amides is 2. The number of carboxylic acids is 1. The van der Waals surface area contributed by atoms with Crippen molar-refractivity contribution in [2.75, 3.05) is 11.4 Å². The second kappa shape index (κ2) is 8.07. The first-order valence-corrected chi connectivity index (χ1v) is 9.06. The molecule has 1 aliphatic carbocycles. The van der Waals surface area contributed by atoms with Crippen molar-refractivity contribution in [3.63, 3.8) is 0 Å². The predicted octanol–water partition coefficient (Wildman–Crippen LogP) is 2.57. The highest BCUT2D eigenvalue weighted by molar-refractivity contribution is 6.06. The average Bonchev–Trinajstić information content (AvgIpc) is 3.22. The number of nitrogens with one attached hydrogen (secondary N) is 2. The number of hydrogen-bond donors (Lipinski definition) is 3. The number of carbonyl (C=O) groups excluding carboxylic acids is 2. The minimum absolute atomic E-state index is 0.362. The van der Waals surface area contributed by atoms with Crippen molar-refractivity contribution in [3.8, 4) is 0 Å². The number of aliphatic carboxylic acids is 1. The minimum Gasteiger partial charge on any atom is -0.480 e. The summed E-state index contributed by atoms with van der Waals surface area (Å²) in [5, 5.41) is 12.2. The van der Waals surface area contributed by atoms with Gasteiger partial charge in [-0.15, -0.1) is 0 Å². The number of nitrogens with zero attached hydrogens (tertiary/aromatic N) is 1. The first-order valence-electron chi connectivity index (χ1n) is 9.06. The average molecular weight is 369 g/mol. The maximum atomic E-state index is 13.5. The first-order chi connectivity index (χ1) is 13.0. The third-order valence-corrected chi connectivity index (χ3v) is 4.92. The van der Waals surface area contributed by atoms with Crippen LogP contribution in [0.5, 0.6) is 0 Å². The molecular weight excluding hydrogens is 346 g/mol. The molecule has 27 heavy (non-hydrogen) atoms. The highest BCUT2D eigenvalue weighted by atomic mass is 16.4. The Morgan fingerprint density at radius 1 is 1.04 bits per heavy atom. The van der Waals surface area contributed by atoms with Gasteiger partial charge in [0.25, 0.3) is 11.8 Å². The number of carbonyl (C=O) groups is 3. The van der Waals surface area contributed by atoms with Crippen LogP contribution in [0.3, 0.4) is 0 Å². The third kappa shape index (κ3) is 4.19. The van der Waals surface area contributed by atoms with Crippen molar-refractivity contribution in [2.45, 2.75) is 37.6 Å². The van der Waals surface area contributed by atoms with E-state index < -0.39 is 18.1 Å². The largest absolute Gasteiger partial charge is 0.480 e. The molecule has 0 atom stereocenters. The van der Waals surface area contributed by atoms with E-state index in [-0.39, 0.29) is 11.8 Å². The summed E-state index contributed by atoms with van der Waals surface area (Å²) in [6.07, 6.45) is 5.20. The zero-order valence-corrected chi connectivity index (χ0v) is 15.0. The van der Waals surface area contributed by atoms with Gasteiger partial charge in [0.1, 0.15) is 17.8 Å². The Hall–Kier alpha value is -3.09. The van der Waals surface area contributed by atoms with Gasteiger partial charge in [0.05, 0.1) is 0 Å². The lowest BCUT2D eigenvalue weighted by Gasteiger charge is -2.40. The van der Waals surface area contributed by atoms with Crippen LogP contribution >= 0.6 is 0 Å². The fourth-order valence-corrected chi connectivity index (χ4v) is 3.59. The van der Waals surface area contributed by atoms with Crippen LogP contribution in [0.1, 0.15) is 42.6 Å². The normalized spacial score (nSPS) is 15.7. The molecule has 0 radical (unpaired) electrons. The first kappa shape index (κ1) is 18.7. The quantitative estimate of drug-likeness (QED) is 0.728. The lowest BCUT2D eigenvalue weighted by Crippen LogP contribution is -2.61. The molecule has 1 saturated carbocycles. The van der Waals surface area contributed by atoms with Crippen LogP contribution in [-0.2, 0) is 9.59 Å². The summed E-state index contributed by atoms with van der Waals surface area (Å²) < 4.78 is 0. The van der Waals surface area contributed by atoms with E-state index in [1.807, 2.05) is 0 Å². The summed E-state index contributed by atoms with van der Waals surface area (Å²) >= 11 is 0. The van der Waals surface area contributed by atoms with E-state index in [0.717, 1.165) is 19.3 Å².